The molecular formula is C17H24O2Si. The van der Waals surface area contributed by atoms with Crippen LogP contribution in [0.1, 0.15) is 44.8 Å². The van der Waals surface area contributed by atoms with Gasteiger partial charge in [0.25, 0.3) is 0 Å². The van der Waals surface area contributed by atoms with Gasteiger partial charge in [0.05, 0.1) is 6.10 Å². The van der Waals surface area contributed by atoms with Crippen molar-refractivity contribution in [3.8, 4) is 0 Å². The molecule has 0 spiro atoms. The van der Waals surface area contributed by atoms with Crippen LogP contribution in [0.25, 0.3) is 10.8 Å². The fourth-order valence-corrected chi connectivity index (χ4v) is 3.47. The van der Waals surface area contributed by atoms with Crippen LogP contribution < -0.4 is 0 Å². The first-order chi connectivity index (χ1) is 9.86. The van der Waals surface area contributed by atoms with Crippen LogP contribution in [0.15, 0.2) is 42.5 Å². The molecular weight excluding hydrogens is 264 g/mol. The molecule has 20 heavy (non-hydrogen) atoms. The summed E-state index contributed by atoms with van der Waals surface area (Å²) >= 11 is 0. The summed E-state index contributed by atoms with van der Waals surface area (Å²) in [7, 11) is -0.878. The Bertz CT molecular complexity index is 522. The maximum absolute atomic E-state index is 6.10. The van der Waals surface area contributed by atoms with E-state index in [1.54, 1.807) is 0 Å². The molecule has 0 amide bonds. The van der Waals surface area contributed by atoms with Crippen LogP contribution in [0.3, 0.4) is 0 Å². The Labute approximate surface area is 124 Å². The molecule has 0 aromatic heterocycles. The van der Waals surface area contributed by atoms with E-state index < -0.39 is 10.0 Å². The van der Waals surface area contributed by atoms with E-state index in [0.717, 1.165) is 25.9 Å². The maximum atomic E-state index is 6.10. The van der Waals surface area contributed by atoms with Gasteiger partial charge < -0.3 is 8.85 Å². The second-order valence-electron chi connectivity index (χ2n) is 5.04. The average Bonchev–Trinajstić information content (AvgIpc) is 2.50. The Kier molecular flexibility index (Phi) is 6.24. The lowest BCUT2D eigenvalue weighted by molar-refractivity contribution is 0.149. The van der Waals surface area contributed by atoms with Gasteiger partial charge in [-0.05, 0) is 29.2 Å². The van der Waals surface area contributed by atoms with Crippen LogP contribution in [0.5, 0.6) is 0 Å². The van der Waals surface area contributed by atoms with Gasteiger partial charge in [0.2, 0.25) is 0 Å². The second-order valence-corrected chi connectivity index (χ2v) is 6.02. The standard InChI is InChI=1S/C17H24O2Si/c1-3-8-17(19-20-18-13-4-2)16-12-7-10-14-9-5-6-11-15(14)16/h5-7,9-12,17H,3-4,8,13,20H2,1-2H3. The van der Waals surface area contributed by atoms with Gasteiger partial charge in [0, 0.05) is 6.61 Å². The second kappa shape index (κ2) is 8.20. The van der Waals surface area contributed by atoms with E-state index in [1.165, 1.54) is 16.3 Å². The van der Waals surface area contributed by atoms with E-state index in [1.807, 2.05) is 0 Å². The van der Waals surface area contributed by atoms with Crippen molar-refractivity contribution in [2.75, 3.05) is 6.61 Å². The van der Waals surface area contributed by atoms with Crippen molar-refractivity contribution in [2.24, 2.45) is 0 Å². The molecule has 0 aliphatic rings. The summed E-state index contributed by atoms with van der Waals surface area (Å²) in [6, 6.07) is 15.0. The molecule has 1 unspecified atom stereocenters. The normalized spacial score (nSPS) is 13.3. The summed E-state index contributed by atoms with van der Waals surface area (Å²) < 4.78 is 11.7. The summed E-state index contributed by atoms with van der Waals surface area (Å²) in [6.45, 7) is 5.15. The average molecular weight is 288 g/mol. The summed E-state index contributed by atoms with van der Waals surface area (Å²) in [4.78, 5) is 0. The summed E-state index contributed by atoms with van der Waals surface area (Å²) in [5, 5.41) is 2.59. The molecule has 2 aromatic rings. The molecule has 0 radical (unpaired) electrons. The predicted octanol–water partition coefficient (Wildman–Crippen LogP) is 4.12. The number of hydrogen-bond acceptors (Lipinski definition) is 2. The maximum Gasteiger partial charge on any atom is 0.304 e. The minimum absolute atomic E-state index is 0.176. The highest BCUT2D eigenvalue weighted by molar-refractivity contribution is 6.18. The number of hydrogen-bond donors (Lipinski definition) is 0. The van der Waals surface area contributed by atoms with E-state index >= 15 is 0 Å². The van der Waals surface area contributed by atoms with Crippen molar-refractivity contribution in [1.29, 1.82) is 0 Å². The van der Waals surface area contributed by atoms with Crippen LogP contribution in [0.2, 0.25) is 0 Å². The molecule has 1 atom stereocenters. The molecule has 108 valence electrons. The molecule has 0 aliphatic heterocycles. The number of benzene rings is 2. The van der Waals surface area contributed by atoms with Crippen molar-refractivity contribution in [2.45, 2.75) is 39.2 Å². The van der Waals surface area contributed by atoms with Gasteiger partial charge in [-0.15, -0.1) is 0 Å². The van der Waals surface area contributed by atoms with Crippen LogP contribution >= 0.6 is 0 Å². The van der Waals surface area contributed by atoms with E-state index in [2.05, 4.69) is 56.3 Å². The van der Waals surface area contributed by atoms with Gasteiger partial charge in [-0.25, -0.2) is 0 Å². The molecule has 0 bridgehead atoms. The van der Waals surface area contributed by atoms with Crippen molar-refractivity contribution in [1.82, 2.24) is 0 Å². The van der Waals surface area contributed by atoms with Gasteiger partial charge in [-0.3, -0.25) is 0 Å². The van der Waals surface area contributed by atoms with Crippen molar-refractivity contribution in [3.05, 3.63) is 48.0 Å². The van der Waals surface area contributed by atoms with E-state index in [-0.39, 0.29) is 6.10 Å². The third-order valence-corrected chi connectivity index (χ3v) is 4.42. The van der Waals surface area contributed by atoms with E-state index in [9.17, 15) is 0 Å². The minimum atomic E-state index is -0.878. The minimum Gasteiger partial charge on any atom is -0.399 e. The lowest BCUT2D eigenvalue weighted by atomic mass is 9.98. The summed E-state index contributed by atoms with van der Waals surface area (Å²) in [6.07, 6.45) is 3.41. The monoisotopic (exact) mass is 288 g/mol. The Morgan fingerprint density at radius 1 is 1.00 bits per heavy atom. The third kappa shape index (κ3) is 3.92. The van der Waals surface area contributed by atoms with E-state index in [0.29, 0.717) is 0 Å². The van der Waals surface area contributed by atoms with Crippen molar-refractivity contribution in [3.63, 3.8) is 0 Å². The highest BCUT2D eigenvalue weighted by Gasteiger charge is 2.13. The third-order valence-electron chi connectivity index (χ3n) is 3.42. The van der Waals surface area contributed by atoms with Crippen molar-refractivity contribution < 1.29 is 8.85 Å². The lowest BCUT2D eigenvalue weighted by Crippen LogP contribution is -2.12. The van der Waals surface area contributed by atoms with Gasteiger partial charge in [-0.1, -0.05) is 62.7 Å². The topological polar surface area (TPSA) is 18.5 Å². The van der Waals surface area contributed by atoms with Gasteiger partial charge in [-0.2, -0.15) is 0 Å². The zero-order chi connectivity index (χ0) is 14.2. The molecule has 2 nitrogen and oxygen atoms in total. The van der Waals surface area contributed by atoms with Crippen LogP contribution in [0.4, 0.5) is 0 Å². The van der Waals surface area contributed by atoms with Crippen LogP contribution in [-0.2, 0) is 8.85 Å². The van der Waals surface area contributed by atoms with Gasteiger partial charge >= 0.3 is 10.0 Å². The van der Waals surface area contributed by atoms with Crippen LogP contribution in [0, 0.1) is 0 Å². The molecule has 0 heterocycles. The lowest BCUT2D eigenvalue weighted by Gasteiger charge is -2.20. The molecule has 3 heteroatoms. The first-order valence-electron chi connectivity index (χ1n) is 7.53. The van der Waals surface area contributed by atoms with Crippen molar-refractivity contribution >= 4 is 20.8 Å². The quantitative estimate of drug-likeness (QED) is 0.537. The van der Waals surface area contributed by atoms with Crippen LogP contribution in [-0.4, -0.2) is 16.6 Å². The van der Waals surface area contributed by atoms with E-state index in [4.69, 9.17) is 8.85 Å². The van der Waals surface area contributed by atoms with Gasteiger partial charge in [0.15, 0.2) is 0 Å². The molecule has 2 rings (SSSR count). The Hall–Kier alpha value is -1.16. The Morgan fingerprint density at radius 2 is 1.80 bits per heavy atom. The fourth-order valence-electron chi connectivity index (χ4n) is 2.46. The highest BCUT2D eigenvalue weighted by Crippen LogP contribution is 2.29. The molecule has 0 N–H and O–H groups in total. The zero-order valence-corrected chi connectivity index (χ0v) is 13.9. The number of rotatable bonds is 8. The molecule has 0 saturated heterocycles. The molecule has 2 aromatic carbocycles. The fraction of sp³-hybridized carbons (Fsp3) is 0.412. The van der Waals surface area contributed by atoms with Gasteiger partial charge in [0.1, 0.15) is 0 Å². The molecule has 0 saturated carbocycles. The first-order valence-corrected chi connectivity index (χ1v) is 8.69. The largest absolute Gasteiger partial charge is 0.399 e. The smallest absolute Gasteiger partial charge is 0.304 e. The number of fused-ring (bicyclic) bond motifs is 1. The highest BCUT2D eigenvalue weighted by atomic mass is 28.3. The summed E-state index contributed by atoms with van der Waals surface area (Å²) in [5.74, 6) is 0. The zero-order valence-electron chi connectivity index (χ0n) is 12.5. The SMILES string of the molecule is CCCO[SiH2]OC(CCC)c1cccc2ccccc12. The Morgan fingerprint density at radius 3 is 2.60 bits per heavy atom. The molecule has 0 aliphatic carbocycles. The Balaban J connectivity index is 2.18. The molecule has 0 fully saturated rings. The predicted molar refractivity (Wildman–Crippen MR) is 87.5 cm³/mol. The summed E-state index contributed by atoms with van der Waals surface area (Å²) in [5.41, 5.74) is 1.30. The first kappa shape index (κ1) is 15.2.